The summed E-state index contributed by atoms with van der Waals surface area (Å²) in [5.41, 5.74) is 6.27. The second kappa shape index (κ2) is 2.55. The SMILES string of the molecule is Nc1cccc2cc(O)c(O)cc12. The minimum atomic E-state index is -0.148. The number of aromatic hydroxyl groups is 2. The molecule has 0 heterocycles. The lowest BCUT2D eigenvalue weighted by Gasteiger charge is -2.03. The number of hydrogen-bond donors (Lipinski definition) is 3. The van der Waals surface area contributed by atoms with Crippen LogP contribution in [0.25, 0.3) is 10.8 Å². The van der Waals surface area contributed by atoms with Crippen LogP contribution in [0.15, 0.2) is 30.3 Å². The van der Waals surface area contributed by atoms with E-state index in [1.165, 1.54) is 12.1 Å². The van der Waals surface area contributed by atoms with Gasteiger partial charge in [-0.05, 0) is 23.6 Å². The highest BCUT2D eigenvalue weighted by Crippen LogP contribution is 2.32. The molecule has 0 aromatic heterocycles. The molecule has 4 N–H and O–H groups in total. The van der Waals surface area contributed by atoms with E-state index in [2.05, 4.69) is 0 Å². The summed E-state index contributed by atoms with van der Waals surface area (Å²) in [7, 11) is 0. The molecule has 2 aromatic carbocycles. The second-order valence-electron chi connectivity index (χ2n) is 2.91. The van der Waals surface area contributed by atoms with Crippen LogP contribution in [0.2, 0.25) is 0 Å². The van der Waals surface area contributed by atoms with E-state index >= 15 is 0 Å². The summed E-state index contributed by atoms with van der Waals surface area (Å²) in [5, 5.41) is 20.0. The van der Waals surface area contributed by atoms with Gasteiger partial charge in [-0.3, -0.25) is 0 Å². The van der Waals surface area contributed by atoms with Gasteiger partial charge in [0.15, 0.2) is 11.5 Å². The first-order chi connectivity index (χ1) is 6.18. The second-order valence-corrected chi connectivity index (χ2v) is 2.91. The van der Waals surface area contributed by atoms with Crippen LogP contribution in [-0.2, 0) is 0 Å². The number of hydrogen-bond acceptors (Lipinski definition) is 3. The Morgan fingerprint density at radius 2 is 1.69 bits per heavy atom. The fraction of sp³-hybridized carbons (Fsp3) is 0. The number of nitrogen functional groups attached to an aromatic ring is 1. The molecule has 0 aliphatic carbocycles. The van der Waals surface area contributed by atoms with E-state index in [1.54, 1.807) is 12.1 Å². The molecular formula is C10H9NO2. The monoisotopic (exact) mass is 175 g/mol. The van der Waals surface area contributed by atoms with Crippen molar-refractivity contribution >= 4 is 16.5 Å². The molecule has 3 nitrogen and oxygen atoms in total. The Balaban J connectivity index is 2.89. The van der Waals surface area contributed by atoms with Crippen LogP contribution in [0.3, 0.4) is 0 Å². The normalized spacial score (nSPS) is 10.5. The average molecular weight is 175 g/mol. The standard InChI is InChI=1S/C10H9NO2/c11-8-3-1-2-6-4-9(12)10(13)5-7(6)8/h1-5,12-13H,11H2. The first-order valence-corrected chi connectivity index (χ1v) is 3.88. The lowest BCUT2D eigenvalue weighted by molar-refractivity contribution is 0.405. The zero-order valence-electron chi connectivity index (χ0n) is 6.86. The van der Waals surface area contributed by atoms with Crippen molar-refractivity contribution in [2.75, 3.05) is 5.73 Å². The van der Waals surface area contributed by atoms with Crippen LogP contribution < -0.4 is 5.73 Å². The molecule has 0 saturated carbocycles. The highest BCUT2D eigenvalue weighted by molar-refractivity contribution is 5.94. The smallest absolute Gasteiger partial charge is 0.158 e. The Kier molecular flexibility index (Phi) is 1.52. The molecule has 0 aliphatic rings. The largest absolute Gasteiger partial charge is 0.504 e. The number of phenols is 2. The molecule has 0 radical (unpaired) electrons. The maximum absolute atomic E-state index is 9.24. The Morgan fingerprint density at radius 3 is 2.46 bits per heavy atom. The van der Waals surface area contributed by atoms with Crippen LogP contribution in [0.5, 0.6) is 11.5 Å². The van der Waals surface area contributed by atoms with Crippen molar-refractivity contribution < 1.29 is 10.2 Å². The van der Waals surface area contributed by atoms with E-state index in [0.717, 1.165) is 10.8 Å². The minimum Gasteiger partial charge on any atom is -0.504 e. The lowest BCUT2D eigenvalue weighted by atomic mass is 10.1. The number of rotatable bonds is 0. The Labute approximate surface area is 75.0 Å². The minimum absolute atomic E-state index is 0.127. The van der Waals surface area contributed by atoms with Gasteiger partial charge in [0.05, 0.1) is 0 Å². The van der Waals surface area contributed by atoms with Crippen LogP contribution >= 0.6 is 0 Å². The Morgan fingerprint density at radius 1 is 1.00 bits per heavy atom. The predicted molar refractivity (Wildman–Crippen MR) is 51.7 cm³/mol. The van der Waals surface area contributed by atoms with Gasteiger partial charge in [0.1, 0.15) is 0 Å². The van der Waals surface area contributed by atoms with Crippen molar-refractivity contribution in [3.63, 3.8) is 0 Å². The molecule has 2 rings (SSSR count). The number of anilines is 1. The van der Waals surface area contributed by atoms with Crippen LogP contribution in [0, 0.1) is 0 Å². The van der Waals surface area contributed by atoms with E-state index in [4.69, 9.17) is 5.73 Å². The van der Waals surface area contributed by atoms with Gasteiger partial charge in [-0.15, -0.1) is 0 Å². The molecular weight excluding hydrogens is 166 g/mol. The quantitative estimate of drug-likeness (QED) is 0.422. The third-order valence-corrected chi connectivity index (χ3v) is 2.01. The molecule has 13 heavy (non-hydrogen) atoms. The van der Waals surface area contributed by atoms with Gasteiger partial charge in [0.25, 0.3) is 0 Å². The molecule has 3 heteroatoms. The molecule has 0 fully saturated rings. The van der Waals surface area contributed by atoms with Crippen molar-refractivity contribution in [1.29, 1.82) is 0 Å². The molecule has 0 saturated heterocycles. The van der Waals surface area contributed by atoms with Gasteiger partial charge < -0.3 is 15.9 Å². The first kappa shape index (κ1) is 7.73. The molecule has 0 spiro atoms. The fourth-order valence-electron chi connectivity index (χ4n) is 1.33. The highest BCUT2D eigenvalue weighted by Gasteiger charge is 2.03. The fourth-order valence-corrected chi connectivity index (χ4v) is 1.33. The van der Waals surface area contributed by atoms with Gasteiger partial charge in [-0.25, -0.2) is 0 Å². The zero-order valence-corrected chi connectivity index (χ0v) is 6.86. The van der Waals surface area contributed by atoms with Crippen molar-refractivity contribution in [1.82, 2.24) is 0 Å². The third kappa shape index (κ3) is 1.14. The van der Waals surface area contributed by atoms with Crippen LogP contribution in [0.4, 0.5) is 5.69 Å². The summed E-state index contributed by atoms with van der Waals surface area (Å²) in [6.07, 6.45) is 0. The molecule has 2 aromatic rings. The number of phenolic OH excluding ortho intramolecular Hbond substituents is 2. The Bertz CT molecular complexity index is 466. The lowest BCUT2D eigenvalue weighted by Crippen LogP contribution is -1.85. The summed E-state index contributed by atoms with van der Waals surface area (Å²) >= 11 is 0. The average Bonchev–Trinajstić information content (AvgIpc) is 2.09. The topological polar surface area (TPSA) is 66.5 Å². The molecule has 0 atom stereocenters. The van der Waals surface area contributed by atoms with Gasteiger partial charge >= 0.3 is 0 Å². The van der Waals surface area contributed by atoms with E-state index in [1.807, 2.05) is 6.07 Å². The maximum atomic E-state index is 9.24. The van der Waals surface area contributed by atoms with Gasteiger partial charge in [0, 0.05) is 11.1 Å². The highest BCUT2D eigenvalue weighted by atomic mass is 16.3. The van der Waals surface area contributed by atoms with E-state index in [-0.39, 0.29) is 11.5 Å². The molecule has 0 aliphatic heterocycles. The van der Waals surface area contributed by atoms with Crippen molar-refractivity contribution in [3.8, 4) is 11.5 Å². The van der Waals surface area contributed by atoms with Crippen LogP contribution in [-0.4, -0.2) is 10.2 Å². The van der Waals surface area contributed by atoms with E-state index in [0.29, 0.717) is 5.69 Å². The summed E-state index contributed by atoms with van der Waals surface area (Å²) in [6, 6.07) is 8.32. The third-order valence-electron chi connectivity index (χ3n) is 2.01. The number of nitrogens with two attached hydrogens (primary N) is 1. The van der Waals surface area contributed by atoms with Crippen molar-refractivity contribution in [2.45, 2.75) is 0 Å². The number of fused-ring (bicyclic) bond motifs is 1. The molecule has 0 unspecified atom stereocenters. The molecule has 66 valence electrons. The van der Waals surface area contributed by atoms with Gasteiger partial charge in [0.2, 0.25) is 0 Å². The molecule has 0 amide bonds. The Hall–Kier alpha value is -1.90. The van der Waals surface area contributed by atoms with E-state index in [9.17, 15) is 10.2 Å². The summed E-state index contributed by atoms with van der Waals surface area (Å²) in [6.45, 7) is 0. The van der Waals surface area contributed by atoms with Crippen molar-refractivity contribution in [3.05, 3.63) is 30.3 Å². The first-order valence-electron chi connectivity index (χ1n) is 3.88. The van der Waals surface area contributed by atoms with Crippen molar-refractivity contribution in [2.24, 2.45) is 0 Å². The summed E-state index contributed by atoms with van der Waals surface area (Å²) in [4.78, 5) is 0. The van der Waals surface area contributed by atoms with E-state index < -0.39 is 0 Å². The summed E-state index contributed by atoms with van der Waals surface area (Å²) in [5.74, 6) is -0.275. The van der Waals surface area contributed by atoms with Gasteiger partial charge in [-0.2, -0.15) is 0 Å². The van der Waals surface area contributed by atoms with Crippen LogP contribution in [0.1, 0.15) is 0 Å². The summed E-state index contributed by atoms with van der Waals surface area (Å²) < 4.78 is 0. The predicted octanol–water partition coefficient (Wildman–Crippen LogP) is 1.83. The maximum Gasteiger partial charge on any atom is 0.158 e. The molecule has 0 bridgehead atoms. The zero-order chi connectivity index (χ0) is 9.42. The number of benzene rings is 2. The van der Waals surface area contributed by atoms with Gasteiger partial charge in [-0.1, -0.05) is 12.1 Å².